The number of nitro groups is 1. The van der Waals surface area contributed by atoms with E-state index in [2.05, 4.69) is 5.32 Å². The van der Waals surface area contributed by atoms with Crippen LogP contribution in [0.25, 0.3) is 0 Å². The Kier molecular flexibility index (Phi) is 4.05. The van der Waals surface area contributed by atoms with Crippen LogP contribution in [0.2, 0.25) is 0 Å². The van der Waals surface area contributed by atoms with Gasteiger partial charge in [-0.05, 0) is 12.1 Å². The average Bonchev–Trinajstić information content (AvgIpc) is 3.04. The molecule has 1 aromatic heterocycles. The molecule has 1 amide bonds. The summed E-state index contributed by atoms with van der Waals surface area (Å²) in [7, 11) is 0. The van der Waals surface area contributed by atoms with E-state index in [-0.39, 0.29) is 6.79 Å². The summed E-state index contributed by atoms with van der Waals surface area (Å²) in [5.74, 6) is 0.425. The van der Waals surface area contributed by atoms with Gasteiger partial charge in [-0.1, -0.05) is 0 Å². The Balaban J connectivity index is 1.81. The third-order valence-electron chi connectivity index (χ3n) is 3.37. The number of hydrogen-bond acceptors (Lipinski definition) is 7. The third-order valence-corrected chi connectivity index (χ3v) is 3.37. The number of carbonyl (C=O) groups is 1. The highest BCUT2D eigenvalue weighted by molar-refractivity contribution is 5.91. The Morgan fingerprint density at radius 2 is 2.12 bits per heavy atom. The maximum atomic E-state index is 12.1. The lowest BCUT2D eigenvalue weighted by atomic mass is 10.2. The fraction of sp³-hybridized carbons (Fsp3) is 0.133. The second kappa shape index (κ2) is 6.32. The average molecular weight is 342 g/mol. The van der Waals surface area contributed by atoms with Gasteiger partial charge in [-0.25, -0.2) is 0 Å². The highest BCUT2D eigenvalue weighted by Crippen LogP contribution is 2.34. The zero-order chi connectivity index (χ0) is 18.0. The van der Waals surface area contributed by atoms with Gasteiger partial charge in [0.15, 0.2) is 11.5 Å². The molecule has 3 rings (SSSR count). The van der Waals surface area contributed by atoms with Crippen LogP contribution in [0.4, 0.5) is 11.4 Å². The molecule has 25 heavy (non-hydrogen) atoms. The van der Waals surface area contributed by atoms with E-state index >= 15 is 0 Å². The summed E-state index contributed by atoms with van der Waals surface area (Å²) >= 11 is 0. The highest BCUT2D eigenvalue weighted by Gasteiger charge is 2.17. The fourth-order valence-electron chi connectivity index (χ4n) is 2.25. The Morgan fingerprint density at radius 3 is 2.84 bits per heavy atom. The van der Waals surface area contributed by atoms with Crippen molar-refractivity contribution < 1.29 is 19.2 Å². The van der Waals surface area contributed by atoms with Gasteiger partial charge < -0.3 is 14.8 Å². The minimum absolute atomic E-state index is 0.0900. The number of aromatic nitrogens is 1. The lowest BCUT2D eigenvalue weighted by Crippen LogP contribution is -2.29. The Hall–Kier alpha value is -3.87. The second-order valence-electron chi connectivity index (χ2n) is 5.03. The normalized spacial score (nSPS) is 11.6. The number of nitrogens with one attached hydrogen (secondary N) is 1. The number of hydrogen-bond donors (Lipinski definition) is 1. The maximum Gasteiger partial charge on any atom is 0.287 e. The molecule has 0 unspecified atom stereocenters. The van der Waals surface area contributed by atoms with E-state index < -0.39 is 34.2 Å². The molecule has 2 aromatic rings. The second-order valence-corrected chi connectivity index (χ2v) is 5.03. The van der Waals surface area contributed by atoms with E-state index in [0.717, 1.165) is 16.8 Å². The van der Waals surface area contributed by atoms with Gasteiger partial charge >= 0.3 is 0 Å². The van der Waals surface area contributed by atoms with Crippen molar-refractivity contribution in [2.45, 2.75) is 6.54 Å². The summed E-state index contributed by atoms with van der Waals surface area (Å²) in [5, 5.41) is 22.3. The molecule has 126 valence electrons. The first-order chi connectivity index (χ1) is 12.0. The molecule has 10 heteroatoms. The Bertz CT molecular complexity index is 975. The van der Waals surface area contributed by atoms with Crippen LogP contribution in [0.15, 0.2) is 35.3 Å². The van der Waals surface area contributed by atoms with Gasteiger partial charge in [0, 0.05) is 17.8 Å². The molecule has 0 saturated heterocycles. The van der Waals surface area contributed by atoms with Gasteiger partial charge in [-0.15, -0.1) is 0 Å². The molecule has 0 atom stereocenters. The van der Waals surface area contributed by atoms with E-state index in [9.17, 15) is 19.7 Å². The predicted molar refractivity (Wildman–Crippen MR) is 83.3 cm³/mol. The monoisotopic (exact) mass is 342 g/mol. The molecule has 1 N–H and O–H groups in total. The predicted octanol–water partition coefficient (Wildman–Crippen LogP) is 0.996. The van der Waals surface area contributed by atoms with Crippen LogP contribution in [-0.4, -0.2) is 22.2 Å². The maximum absolute atomic E-state index is 12.1. The Morgan fingerprint density at radius 1 is 1.36 bits per heavy atom. The molecular weight excluding hydrogens is 332 g/mol. The number of amides is 1. The van der Waals surface area contributed by atoms with Crippen molar-refractivity contribution in [2.75, 3.05) is 12.1 Å². The standard InChI is InChI=1S/C15H10N4O6/c16-5-9-3-11(19(22)23)6-18(15(9)21)7-14(20)17-10-1-2-12-13(4-10)25-8-24-12/h1-4,6H,7-8H2,(H,17,20). The van der Waals surface area contributed by atoms with Gasteiger partial charge in [0.1, 0.15) is 18.2 Å². The third kappa shape index (κ3) is 3.25. The van der Waals surface area contributed by atoms with Crippen LogP contribution < -0.4 is 20.3 Å². The van der Waals surface area contributed by atoms with E-state index in [4.69, 9.17) is 14.7 Å². The van der Waals surface area contributed by atoms with Gasteiger partial charge in [-0.2, -0.15) is 5.26 Å². The van der Waals surface area contributed by atoms with Crippen LogP contribution in [-0.2, 0) is 11.3 Å². The highest BCUT2D eigenvalue weighted by atomic mass is 16.7. The molecule has 1 aromatic carbocycles. The van der Waals surface area contributed by atoms with Crippen LogP contribution in [0.3, 0.4) is 0 Å². The first-order valence-electron chi connectivity index (χ1n) is 6.96. The first-order valence-corrected chi connectivity index (χ1v) is 6.96. The molecule has 0 radical (unpaired) electrons. The van der Waals surface area contributed by atoms with Crippen molar-refractivity contribution in [3.63, 3.8) is 0 Å². The molecule has 2 heterocycles. The number of fused-ring (bicyclic) bond motifs is 1. The fourth-order valence-corrected chi connectivity index (χ4v) is 2.25. The first kappa shape index (κ1) is 16.0. The van der Waals surface area contributed by atoms with E-state index in [1.54, 1.807) is 24.3 Å². The molecule has 10 nitrogen and oxygen atoms in total. The molecule has 0 bridgehead atoms. The van der Waals surface area contributed by atoms with Gasteiger partial charge in [-0.3, -0.25) is 24.3 Å². The number of anilines is 1. The van der Waals surface area contributed by atoms with Gasteiger partial charge in [0.05, 0.1) is 11.1 Å². The molecule has 1 aliphatic heterocycles. The lowest BCUT2D eigenvalue weighted by molar-refractivity contribution is -0.385. The quantitative estimate of drug-likeness (QED) is 0.646. The molecule has 1 aliphatic rings. The van der Waals surface area contributed by atoms with Crippen molar-refractivity contribution in [3.8, 4) is 17.6 Å². The zero-order valence-corrected chi connectivity index (χ0v) is 12.6. The van der Waals surface area contributed by atoms with Crippen molar-refractivity contribution >= 4 is 17.3 Å². The van der Waals surface area contributed by atoms with E-state index in [0.29, 0.717) is 17.2 Å². The van der Waals surface area contributed by atoms with Gasteiger partial charge in [0.25, 0.3) is 11.2 Å². The zero-order valence-electron chi connectivity index (χ0n) is 12.6. The largest absolute Gasteiger partial charge is 0.454 e. The lowest BCUT2D eigenvalue weighted by Gasteiger charge is -2.08. The van der Waals surface area contributed by atoms with E-state index in [1.807, 2.05) is 0 Å². The number of ether oxygens (including phenoxy) is 2. The summed E-state index contributed by atoms with van der Waals surface area (Å²) in [5.41, 5.74) is -1.24. The summed E-state index contributed by atoms with van der Waals surface area (Å²) in [4.78, 5) is 34.3. The number of benzene rings is 1. The number of nitrogens with zero attached hydrogens (tertiary/aromatic N) is 3. The Labute approximate surface area is 140 Å². The van der Waals surface area contributed by atoms with Crippen LogP contribution in [0.1, 0.15) is 5.56 Å². The number of carbonyl (C=O) groups excluding carboxylic acids is 1. The summed E-state index contributed by atoms with van der Waals surface area (Å²) in [6.45, 7) is -0.392. The van der Waals surface area contributed by atoms with Crippen molar-refractivity contribution in [2.24, 2.45) is 0 Å². The molecule has 0 saturated carbocycles. The minimum Gasteiger partial charge on any atom is -0.454 e. The SMILES string of the molecule is N#Cc1cc([N+](=O)[O-])cn(CC(=O)Nc2ccc3c(c2)OCO3)c1=O. The summed E-state index contributed by atoms with van der Waals surface area (Å²) in [6, 6.07) is 7.21. The number of pyridine rings is 1. The van der Waals surface area contributed by atoms with E-state index in [1.165, 1.54) is 0 Å². The molecular formula is C15H10N4O6. The van der Waals surface area contributed by atoms with Crippen LogP contribution in [0, 0.1) is 21.4 Å². The number of rotatable bonds is 4. The smallest absolute Gasteiger partial charge is 0.287 e. The van der Waals surface area contributed by atoms with Crippen LogP contribution in [0.5, 0.6) is 11.5 Å². The van der Waals surface area contributed by atoms with Crippen LogP contribution >= 0.6 is 0 Å². The minimum atomic E-state index is -0.783. The van der Waals surface area contributed by atoms with Crippen molar-refractivity contribution in [3.05, 3.63) is 56.5 Å². The van der Waals surface area contributed by atoms with Gasteiger partial charge in [0.2, 0.25) is 12.7 Å². The summed E-state index contributed by atoms with van der Waals surface area (Å²) in [6.07, 6.45) is 0.919. The molecule has 0 fully saturated rings. The summed E-state index contributed by atoms with van der Waals surface area (Å²) < 4.78 is 11.2. The topological polar surface area (TPSA) is 136 Å². The van der Waals surface area contributed by atoms with Crippen molar-refractivity contribution in [1.29, 1.82) is 5.26 Å². The van der Waals surface area contributed by atoms with Crippen molar-refractivity contribution in [1.82, 2.24) is 4.57 Å². The molecule has 0 spiro atoms. The molecule has 0 aliphatic carbocycles. The number of nitriles is 1.